The van der Waals surface area contributed by atoms with Gasteiger partial charge >= 0.3 is 5.97 Å². The summed E-state index contributed by atoms with van der Waals surface area (Å²) >= 11 is 0. The predicted octanol–water partition coefficient (Wildman–Crippen LogP) is 2.12. The SMILES string of the molecule is O=C(O)c1ccn(-c2nccc3ccccc23)n1. The van der Waals surface area contributed by atoms with E-state index in [9.17, 15) is 4.79 Å². The van der Waals surface area contributed by atoms with Crippen molar-refractivity contribution in [3.8, 4) is 5.82 Å². The number of aromatic carboxylic acids is 1. The maximum atomic E-state index is 10.8. The van der Waals surface area contributed by atoms with Crippen LogP contribution in [0.25, 0.3) is 16.6 Å². The molecule has 0 bridgehead atoms. The van der Waals surface area contributed by atoms with E-state index in [1.54, 1.807) is 12.4 Å². The predicted molar refractivity (Wildman–Crippen MR) is 65.8 cm³/mol. The summed E-state index contributed by atoms with van der Waals surface area (Å²) in [5.41, 5.74) is 0.00438. The van der Waals surface area contributed by atoms with Crippen LogP contribution < -0.4 is 0 Å². The zero-order valence-electron chi connectivity index (χ0n) is 9.32. The maximum Gasteiger partial charge on any atom is 0.356 e. The summed E-state index contributed by atoms with van der Waals surface area (Å²) in [4.78, 5) is 15.1. The first kappa shape index (κ1) is 10.5. The molecule has 0 atom stereocenters. The van der Waals surface area contributed by atoms with Crippen LogP contribution in [0, 0.1) is 0 Å². The highest BCUT2D eigenvalue weighted by Crippen LogP contribution is 2.19. The molecule has 2 heterocycles. The number of nitrogens with zero attached hydrogens (tertiary/aromatic N) is 3. The first-order valence-electron chi connectivity index (χ1n) is 5.39. The Morgan fingerprint density at radius 1 is 1.17 bits per heavy atom. The molecule has 0 aliphatic carbocycles. The highest BCUT2D eigenvalue weighted by Gasteiger charge is 2.10. The van der Waals surface area contributed by atoms with Gasteiger partial charge in [-0.05, 0) is 17.5 Å². The van der Waals surface area contributed by atoms with Crippen molar-refractivity contribution in [2.24, 2.45) is 0 Å². The average Bonchev–Trinajstić information content (AvgIpc) is 2.87. The molecule has 0 aliphatic rings. The molecule has 0 radical (unpaired) electrons. The van der Waals surface area contributed by atoms with Gasteiger partial charge < -0.3 is 5.11 Å². The van der Waals surface area contributed by atoms with E-state index in [1.165, 1.54) is 10.7 Å². The lowest BCUT2D eigenvalue weighted by Gasteiger charge is -2.04. The van der Waals surface area contributed by atoms with Gasteiger partial charge in [0.2, 0.25) is 0 Å². The summed E-state index contributed by atoms with van der Waals surface area (Å²) in [5.74, 6) is -0.422. The minimum Gasteiger partial charge on any atom is -0.476 e. The maximum absolute atomic E-state index is 10.8. The smallest absolute Gasteiger partial charge is 0.356 e. The summed E-state index contributed by atoms with van der Waals surface area (Å²) < 4.78 is 1.48. The molecule has 0 aliphatic heterocycles. The number of hydrogen-bond donors (Lipinski definition) is 1. The first-order chi connectivity index (χ1) is 8.75. The van der Waals surface area contributed by atoms with Crippen LogP contribution in [0.5, 0.6) is 0 Å². The fourth-order valence-corrected chi connectivity index (χ4v) is 1.84. The minimum atomic E-state index is -1.05. The van der Waals surface area contributed by atoms with E-state index in [2.05, 4.69) is 10.1 Å². The number of pyridine rings is 1. The molecule has 2 aromatic heterocycles. The van der Waals surface area contributed by atoms with E-state index in [-0.39, 0.29) is 5.69 Å². The molecule has 0 saturated heterocycles. The van der Waals surface area contributed by atoms with Crippen molar-refractivity contribution in [2.45, 2.75) is 0 Å². The summed E-state index contributed by atoms with van der Waals surface area (Å²) in [7, 11) is 0. The Morgan fingerprint density at radius 2 is 2.00 bits per heavy atom. The van der Waals surface area contributed by atoms with Crippen LogP contribution in [0.1, 0.15) is 10.5 Å². The first-order valence-corrected chi connectivity index (χ1v) is 5.39. The van der Waals surface area contributed by atoms with Gasteiger partial charge in [0, 0.05) is 17.8 Å². The van der Waals surface area contributed by atoms with Crippen molar-refractivity contribution >= 4 is 16.7 Å². The summed E-state index contributed by atoms with van der Waals surface area (Å²) in [6, 6.07) is 11.1. The van der Waals surface area contributed by atoms with E-state index >= 15 is 0 Å². The molecule has 0 unspecified atom stereocenters. The number of fused-ring (bicyclic) bond motifs is 1. The Labute approximate surface area is 102 Å². The second kappa shape index (κ2) is 3.96. The van der Waals surface area contributed by atoms with Crippen LogP contribution in [0.4, 0.5) is 0 Å². The lowest BCUT2D eigenvalue weighted by atomic mass is 10.2. The molecule has 0 fully saturated rings. The highest BCUT2D eigenvalue weighted by atomic mass is 16.4. The van der Waals surface area contributed by atoms with Gasteiger partial charge in [-0.15, -0.1) is 0 Å². The van der Waals surface area contributed by atoms with Gasteiger partial charge in [-0.2, -0.15) is 5.10 Å². The molecule has 5 nitrogen and oxygen atoms in total. The van der Waals surface area contributed by atoms with Crippen molar-refractivity contribution in [3.63, 3.8) is 0 Å². The number of aromatic nitrogens is 3. The molecule has 3 aromatic rings. The number of carbonyl (C=O) groups is 1. The topological polar surface area (TPSA) is 68.0 Å². The molecule has 0 amide bonds. The van der Waals surface area contributed by atoms with Crippen molar-refractivity contribution in [1.82, 2.24) is 14.8 Å². The van der Waals surface area contributed by atoms with Crippen LogP contribution in [0.2, 0.25) is 0 Å². The molecule has 5 heteroatoms. The van der Waals surface area contributed by atoms with E-state index < -0.39 is 5.97 Å². The van der Waals surface area contributed by atoms with E-state index in [0.29, 0.717) is 5.82 Å². The summed E-state index contributed by atoms with van der Waals surface area (Å²) in [6.45, 7) is 0. The second-order valence-electron chi connectivity index (χ2n) is 3.81. The third kappa shape index (κ3) is 1.62. The Hall–Kier alpha value is -2.69. The Balaban J connectivity index is 2.21. The Bertz CT molecular complexity index is 728. The summed E-state index contributed by atoms with van der Waals surface area (Å²) in [5, 5.41) is 14.8. The number of carboxylic acids is 1. The normalized spacial score (nSPS) is 10.7. The molecule has 1 aromatic carbocycles. The average molecular weight is 239 g/mol. The minimum absolute atomic E-state index is 0.00438. The van der Waals surface area contributed by atoms with Crippen LogP contribution in [0.3, 0.4) is 0 Å². The van der Waals surface area contributed by atoms with Gasteiger partial charge in [0.15, 0.2) is 11.5 Å². The molecular formula is C13H9N3O2. The molecule has 88 valence electrons. The fourth-order valence-electron chi connectivity index (χ4n) is 1.84. The largest absolute Gasteiger partial charge is 0.476 e. The molecular weight excluding hydrogens is 230 g/mol. The van der Waals surface area contributed by atoms with E-state index in [1.807, 2.05) is 30.3 Å². The standard InChI is InChI=1S/C13H9N3O2/c17-13(18)11-6-8-16(15-11)12-10-4-2-1-3-9(10)5-7-14-12/h1-8H,(H,17,18). The fraction of sp³-hybridized carbons (Fsp3) is 0. The van der Waals surface area contributed by atoms with Crippen LogP contribution in [-0.4, -0.2) is 25.8 Å². The zero-order valence-corrected chi connectivity index (χ0v) is 9.32. The quantitative estimate of drug-likeness (QED) is 0.743. The molecule has 18 heavy (non-hydrogen) atoms. The third-order valence-electron chi connectivity index (χ3n) is 2.68. The van der Waals surface area contributed by atoms with Crippen LogP contribution in [0.15, 0.2) is 48.8 Å². The van der Waals surface area contributed by atoms with Crippen molar-refractivity contribution < 1.29 is 9.90 Å². The highest BCUT2D eigenvalue weighted by molar-refractivity contribution is 5.88. The van der Waals surface area contributed by atoms with Crippen LogP contribution >= 0.6 is 0 Å². The number of benzene rings is 1. The van der Waals surface area contributed by atoms with Crippen molar-refractivity contribution in [2.75, 3.05) is 0 Å². The second-order valence-corrected chi connectivity index (χ2v) is 3.81. The van der Waals surface area contributed by atoms with Crippen LogP contribution in [-0.2, 0) is 0 Å². The van der Waals surface area contributed by atoms with Gasteiger partial charge in [0.05, 0.1) is 0 Å². The molecule has 0 spiro atoms. The van der Waals surface area contributed by atoms with Gasteiger partial charge in [0.1, 0.15) is 0 Å². The Morgan fingerprint density at radius 3 is 2.78 bits per heavy atom. The molecule has 1 N–H and O–H groups in total. The van der Waals surface area contributed by atoms with E-state index in [4.69, 9.17) is 5.11 Å². The third-order valence-corrected chi connectivity index (χ3v) is 2.68. The number of rotatable bonds is 2. The lowest BCUT2D eigenvalue weighted by Crippen LogP contribution is -2.02. The van der Waals surface area contributed by atoms with Gasteiger partial charge in [0.25, 0.3) is 0 Å². The van der Waals surface area contributed by atoms with Gasteiger partial charge in [-0.3, -0.25) is 0 Å². The molecule has 0 saturated carbocycles. The number of carboxylic acid groups (broad SMARTS) is 1. The molecule has 3 rings (SSSR count). The van der Waals surface area contributed by atoms with Gasteiger partial charge in [-0.25, -0.2) is 14.5 Å². The lowest BCUT2D eigenvalue weighted by molar-refractivity contribution is 0.0690. The Kier molecular flexibility index (Phi) is 2.30. The zero-order chi connectivity index (χ0) is 12.5. The van der Waals surface area contributed by atoms with Gasteiger partial charge in [-0.1, -0.05) is 24.3 Å². The van der Waals surface area contributed by atoms with Crippen molar-refractivity contribution in [3.05, 3.63) is 54.5 Å². The van der Waals surface area contributed by atoms with E-state index in [0.717, 1.165) is 10.8 Å². The number of hydrogen-bond acceptors (Lipinski definition) is 3. The monoisotopic (exact) mass is 239 g/mol. The summed E-state index contributed by atoms with van der Waals surface area (Å²) in [6.07, 6.45) is 3.28. The van der Waals surface area contributed by atoms with Crippen molar-refractivity contribution in [1.29, 1.82) is 0 Å².